The molecule has 1 N–H and O–H groups in total. The second-order valence-corrected chi connectivity index (χ2v) is 5.08. The molecule has 0 aliphatic rings. The number of nitrogens with one attached hydrogen (secondary N) is 1. The molecule has 0 fully saturated rings. The summed E-state index contributed by atoms with van der Waals surface area (Å²) < 4.78 is 4.32. The van der Waals surface area contributed by atoms with Crippen molar-refractivity contribution in [2.24, 2.45) is 5.92 Å². The Morgan fingerprint density at radius 1 is 1.22 bits per heavy atom. The number of aryl methyl sites for hydroxylation is 2. The van der Waals surface area contributed by atoms with Gasteiger partial charge in [-0.3, -0.25) is 0 Å². The molecule has 0 radical (unpaired) electrons. The highest BCUT2D eigenvalue weighted by atomic mass is 15.1. The highest BCUT2D eigenvalue weighted by Crippen LogP contribution is 2.02. The minimum Gasteiger partial charge on any atom is -0.352 e. The lowest BCUT2D eigenvalue weighted by Gasteiger charge is -2.06. The van der Waals surface area contributed by atoms with Crippen molar-refractivity contribution in [1.82, 2.24) is 19.4 Å². The summed E-state index contributed by atoms with van der Waals surface area (Å²) in [6.07, 6.45) is 10.0. The molecular weight excluding hydrogens is 224 g/mol. The van der Waals surface area contributed by atoms with Crippen LogP contribution in [0.15, 0.2) is 37.2 Å². The van der Waals surface area contributed by atoms with E-state index in [9.17, 15) is 0 Å². The molecule has 0 saturated heterocycles. The molecule has 18 heavy (non-hydrogen) atoms. The number of nitrogens with zero attached hydrogens (tertiary/aromatic N) is 3. The lowest BCUT2D eigenvalue weighted by molar-refractivity contribution is 0.550. The van der Waals surface area contributed by atoms with Crippen molar-refractivity contribution in [2.45, 2.75) is 33.5 Å². The maximum Gasteiger partial charge on any atom is 0.0946 e. The Kier molecular flexibility index (Phi) is 4.59. The Morgan fingerprint density at radius 3 is 2.78 bits per heavy atom. The van der Waals surface area contributed by atoms with Crippen LogP contribution in [0.25, 0.3) is 0 Å². The van der Waals surface area contributed by atoms with Crippen molar-refractivity contribution < 1.29 is 0 Å². The molecule has 98 valence electrons. The van der Waals surface area contributed by atoms with Crippen LogP contribution in [0.2, 0.25) is 0 Å². The fourth-order valence-corrected chi connectivity index (χ4v) is 1.89. The molecule has 2 aromatic rings. The van der Waals surface area contributed by atoms with E-state index in [1.54, 1.807) is 0 Å². The minimum absolute atomic E-state index is 0.702. The molecule has 2 heterocycles. The minimum atomic E-state index is 0.702. The fourth-order valence-electron chi connectivity index (χ4n) is 1.89. The molecule has 0 spiro atoms. The van der Waals surface area contributed by atoms with E-state index < -0.39 is 0 Å². The lowest BCUT2D eigenvalue weighted by Crippen LogP contribution is -2.18. The number of hydrogen-bond acceptors (Lipinski definition) is 2. The Bertz CT molecular complexity index is 442. The van der Waals surface area contributed by atoms with E-state index in [-0.39, 0.29) is 0 Å². The number of imidazole rings is 1. The van der Waals surface area contributed by atoms with Crippen molar-refractivity contribution in [3.8, 4) is 0 Å². The van der Waals surface area contributed by atoms with Gasteiger partial charge in [0.1, 0.15) is 0 Å². The van der Waals surface area contributed by atoms with Crippen LogP contribution in [0.3, 0.4) is 0 Å². The summed E-state index contributed by atoms with van der Waals surface area (Å²) in [7, 11) is 0. The second kappa shape index (κ2) is 6.40. The summed E-state index contributed by atoms with van der Waals surface area (Å²) in [6.45, 7) is 8.43. The van der Waals surface area contributed by atoms with Gasteiger partial charge in [0.15, 0.2) is 0 Å². The maximum atomic E-state index is 4.04. The molecule has 0 aromatic carbocycles. The standard InChI is InChI=1S/C14H22N4/c1-13(2)9-16-10-14-3-5-17(11-14)7-8-18-6-4-15-12-18/h3-6,11-13,16H,7-10H2,1-2H3. The predicted octanol–water partition coefficient (Wildman–Crippen LogP) is 2.13. The smallest absolute Gasteiger partial charge is 0.0946 e. The van der Waals surface area contributed by atoms with Gasteiger partial charge in [-0.05, 0) is 24.1 Å². The largest absolute Gasteiger partial charge is 0.352 e. The maximum absolute atomic E-state index is 4.04. The Labute approximate surface area is 109 Å². The average Bonchev–Trinajstić information content (AvgIpc) is 2.96. The van der Waals surface area contributed by atoms with Crippen molar-refractivity contribution in [3.63, 3.8) is 0 Å². The summed E-state index contributed by atoms with van der Waals surface area (Å²) >= 11 is 0. The number of rotatable bonds is 7. The van der Waals surface area contributed by atoms with Crippen LogP contribution < -0.4 is 5.32 Å². The quantitative estimate of drug-likeness (QED) is 0.812. The predicted molar refractivity (Wildman–Crippen MR) is 73.2 cm³/mol. The fraction of sp³-hybridized carbons (Fsp3) is 0.500. The summed E-state index contributed by atoms with van der Waals surface area (Å²) in [5.74, 6) is 0.702. The first kappa shape index (κ1) is 12.9. The molecule has 0 aliphatic heterocycles. The van der Waals surface area contributed by atoms with E-state index in [0.29, 0.717) is 5.92 Å². The topological polar surface area (TPSA) is 34.8 Å². The molecule has 0 saturated carbocycles. The van der Waals surface area contributed by atoms with Gasteiger partial charge in [-0.2, -0.15) is 0 Å². The number of aromatic nitrogens is 3. The van der Waals surface area contributed by atoms with Crippen molar-refractivity contribution >= 4 is 0 Å². The van der Waals surface area contributed by atoms with Crippen LogP contribution in [0.1, 0.15) is 19.4 Å². The van der Waals surface area contributed by atoms with Crippen LogP contribution in [0.5, 0.6) is 0 Å². The first-order valence-electron chi connectivity index (χ1n) is 6.55. The first-order valence-corrected chi connectivity index (χ1v) is 6.55. The van der Waals surface area contributed by atoms with Crippen molar-refractivity contribution in [2.75, 3.05) is 6.54 Å². The molecule has 4 heteroatoms. The third-order valence-corrected chi connectivity index (χ3v) is 2.87. The van der Waals surface area contributed by atoms with E-state index in [0.717, 1.165) is 26.2 Å². The van der Waals surface area contributed by atoms with Crippen molar-refractivity contribution in [1.29, 1.82) is 0 Å². The lowest BCUT2D eigenvalue weighted by atomic mass is 10.2. The molecule has 4 nitrogen and oxygen atoms in total. The molecular formula is C14H22N4. The third-order valence-electron chi connectivity index (χ3n) is 2.87. The van der Waals surface area contributed by atoms with Gasteiger partial charge in [0.05, 0.1) is 6.33 Å². The van der Waals surface area contributed by atoms with Crippen LogP contribution in [-0.4, -0.2) is 20.7 Å². The summed E-state index contributed by atoms with van der Waals surface area (Å²) in [5, 5.41) is 3.46. The van der Waals surface area contributed by atoms with Gasteiger partial charge in [-0.15, -0.1) is 0 Å². The molecule has 0 atom stereocenters. The van der Waals surface area contributed by atoms with Gasteiger partial charge in [-0.25, -0.2) is 4.98 Å². The van der Waals surface area contributed by atoms with E-state index in [4.69, 9.17) is 0 Å². The van der Waals surface area contributed by atoms with E-state index in [2.05, 4.69) is 51.7 Å². The second-order valence-electron chi connectivity index (χ2n) is 5.08. The molecule has 0 amide bonds. The zero-order valence-electron chi connectivity index (χ0n) is 11.2. The van der Waals surface area contributed by atoms with Crippen molar-refractivity contribution in [3.05, 3.63) is 42.7 Å². The van der Waals surface area contributed by atoms with E-state index in [1.807, 2.05) is 18.7 Å². The summed E-state index contributed by atoms with van der Waals surface area (Å²) in [6, 6.07) is 2.18. The first-order chi connectivity index (χ1) is 8.74. The molecule has 2 aromatic heterocycles. The van der Waals surface area contributed by atoms with Gasteiger partial charge in [0.25, 0.3) is 0 Å². The number of hydrogen-bond donors (Lipinski definition) is 1. The van der Waals surface area contributed by atoms with Gasteiger partial charge in [-0.1, -0.05) is 13.8 Å². The van der Waals surface area contributed by atoms with Gasteiger partial charge in [0, 0.05) is 44.4 Å². The van der Waals surface area contributed by atoms with Crippen LogP contribution >= 0.6 is 0 Å². The van der Waals surface area contributed by atoms with E-state index >= 15 is 0 Å². The summed E-state index contributed by atoms with van der Waals surface area (Å²) in [4.78, 5) is 4.04. The van der Waals surface area contributed by atoms with Gasteiger partial charge < -0.3 is 14.5 Å². The monoisotopic (exact) mass is 246 g/mol. The molecule has 2 rings (SSSR count). The Balaban J connectivity index is 1.75. The zero-order valence-corrected chi connectivity index (χ0v) is 11.2. The van der Waals surface area contributed by atoms with Crippen LogP contribution in [0.4, 0.5) is 0 Å². The molecule has 0 aliphatic carbocycles. The highest BCUT2D eigenvalue weighted by molar-refractivity contribution is 5.09. The third kappa shape index (κ3) is 4.04. The molecule has 0 bridgehead atoms. The summed E-state index contributed by atoms with van der Waals surface area (Å²) in [5.41, 5.74) is 1.35. The van der Waals surface area contributed by atoms with Gasteiger partial charge >= 0.3 is 0 Å². The molecule has 0 unspecified atom stereocenters. The van der Waals surface area contributed by atoms with Crippen LogP contribution in [-0.2, 0) is 19.6 Å². The normalized spacial score (nSPS) is 11.3. The zero-order chi connectivity index (χ0) is 12.8. The Morgan fingerprint density at radius 2 is 2.06 bits per heavy atom. The SMILES string of the molecule is CC(C)CNCc1ccn(CCn2ccnc2)c1. The average molecular weight is 246 g/mol. The van der Waals surface area contributed by atoms with Gasteiger partial charge in [0.2, 0.25) is 0 Å². The highest BCUT2D eigenvalue weighted by Gasteiger charge is 1.98. The Hall–Kier alpha value is -1.55. The van der Waals surface area contributed by atoms with E-state index in [1.165, 1.54) is 5.56 Å². The van der Waals surface area contributed by atoms with Crippen LogP contribution in [0, 0.1) is 5.92 Å².